The van der Waals surface area contributed by atoms with Gasteiger partial charge in [-0.1, -0.05) is 6.08 Å². The molecule has 1 aromatic rings. The summed E-state index contributed by atoms with van der Waals surface area (Å²) in [4.78, 5) is 4.75. The minimum atomic E-state index is -4.33. The predicted molar refractivity (Wildman–Crippen MR) is 95.9 cm³/mol. The summed E-state index contributed by atoms with van der Waals surface area (Å²) in [5, 5.41) is 6.76. The molecule has 0 spiro atoms. The van der Waals surface area contributed by atoms with Crippen molar-refractivity contribution in [2.45, 2.75) is 37.3 Å². The van der Waals surface area contributed by atoms with E-state index in [1.54, 1.807) is 0 Å². The molecule has 2 atom stereocenters. The molecule has 2 saturated heterocycles. The van der Waals surface area contributed by atoms with Crippen LogP contribution in [-0.4, -0.2) is 54.0 Å². The first-order valence-corrected chi connectivity index (χ1v) is 9.30. The Morgan fingerprint density at radius 2 is 1.93 bits per heavy atom. The third kappa shape index (κ3) is 3.79. The van der Waals surface area contributed by atoms with Crippen molar-refractivity contribution >= 4 is 0 Å². The zero-order valence-electron chi connectivity index (χ0n) is 15.4. The van der Waals surface area contributed by atoms with Gasteiger partial charge in [-0.05, 0) is 37.4 Å². The topological polar surface area (TPSA) is 39.8 Å². The van der Waals surface area contributed by atoms with Gasteiger partial charge in [-0.25, -0.2) is 0 Å². The van der Waals surface area contributed by atoms with Crippen LogP contribution >= 0.6 is 0 Å². The van der Waals surface area contributed by atoms with E-state index in [0.29, 0.717) is 12.3 Å². The quantitative estimate of drug-likeness (QED) is 0.819. The number of ether oxygens (including phenoxy) is 1. The number of hydrogen-bond acceptors (Lipinski definition) is 5. The SMILES string of the molecule is CC1(N2CCN(CC3(Oc4ccc(C(F)(F)F)cc4)CCN3)C2)CC=CN1. The number of nitrogens with one attached hydrogen (secondary N) is 2. The predicted octanol–water partition coefficient (Wildman–Crippen LogP) is 2.57. The summed E-state index contributed by atoms with van der Waals surface area (Å²) < 4.78 is 44.3. The van der Waals surface area contributed by atoms with E-state index in [-0.39, 0.29) is 5.66 Å². The lowest BCUT2D eigenvalue weighted by Crippen LogP contribution is -2.66. The van der Waals surface area contributed by atoms with Crippen LogP contribution in [0.2, 0.25) is 0 Å². The Morgan fingerprint density at radius 1 is 1.19 bits per heavy atom. The zero-order chi connectivity index (χ0) is 19.1. The highest BCUT2D eigenvalue weighted by Gasteiger charge is 2.44. The van der Waals surface area contributed by atoms with Gasteiger partial charge < -0.3 is 10.1 Å². The molecule has 3 heterocycles. The fourth-order valence-electron chi connectivity index (χ4n) is 3.94. The van der Waals surface area contributed by atoms with Gasteiger partial charge >= 0.3 is 6.18 Å². The number of benzene rings is 1. The van der Waals surface area contributed by atoms with Crippen molar-refractivity contribution < 1.29 is 17.9 Å². The molecular formula is C19H25F3N4O. The van der Waals surface area contributed by atoms with Gasteiger partial charge in [-0.15, -0.1) is 0 Å². The summed E-state index contributed by atoms with van der Waals surface area (Å²) in [6, 6.07) is 4.93. The first-order chi connectivity index (χ1) is 12.8. The molecule has 2 N–H and O–H groups in total. The highest BCUT2D eigenvalue weighted by Crippen LogP contribution is 2.33. The minimum Gasteiger partial charge on any atom is -0.471 e. The van der Waals surface area contributed by atoms with Gasteiger partial charge in [0.25, 0.3) is 0 Å². The molecular weight excluding hydrogens is 357 g/mol. The van der Waals surface area contributed by atoms with Gasteiger partial charge in [0.15, 0.2) is 5.72 Å². The van der Waals surface area contributed by atoms with Crippen molar-refractivity contribution in [1.29, 1.82) is 0 Å². The summed E-state index contributed by atoms with van der Waals surface area (Å²) in [5.74, 6) is 0.458. The van der Waals surface area contributed by atoms with E-state index in [2.05, 4.69) is 33.4 Å². The lowest BCUT2D eigenvalue weighted by atomic mass is 10.0. The summed E-state index contributed by atoms with van der Waals surface area (Å²) in [6.07, 6.45) is 1.63. The molecule has 3 aliphatic rings. The summed E-state index contributed by atoms with van der Waals surface area (Å²) in [7, 11) is 0. The van der Waals surface area contributed by atoms with Gasteiger partial charge in [0, 0.05) is 32.5 Å². The van der Waals surface area contributed by atoms with Crippen molar-refractivity contribution in [3.05, 3.63) is 42.1 Å². The average Bonchev–Trinajstić information content (AvgIpc) is 3.22. The van der Waals surface area contributed by atoms with Crippen molar-refractivity contribution in [3.63, 3.8) is 0 Å². The van der Waals surface area contributed by atoms with E-state index in [9.17, 15) is 13.2 Å². The second kappa shape index (κ2) is 6.68. The fourth-order valence-corrected chi connectivity index (χ4v) is 3.94. The van der Waals surface area contributed by atoms with E-state index < -0.39 is 17.5 Å². The highest BCUT2D eigenvalue weighted by molar-refractivity contribution is 5.29. The first kappa shape index (κ1) is 18.6. The van der Waals surface area contributed by atoms with Gasteiger partial charge in [0.05, 0.1) is 24.4 Å². The zero-order valence-corrected chi connectivity index (χ0v) is 15.4. The van der Waals surface area contributed by atoms with Crippen molar-refractivity contribution in [2.75, 3.05) is 32.8 Å². The van der Waals surface area contributed by atoms with Crippen molar-refractivity contribution in [1.82, 2.24) is 20.4 Å². The first-order valence-electron chi connectivity index (χ1n) is 9.30. The molecule has 0 radical (unpaired) electrons. The summed E-state index contributed by atoms with van der Waals surface area (Å²) in [6.45, 7) is 6.51. The molecule has 0 saturated carbocycles. The fraction of sp³-hybridized carbons (Fsp3) is 0.579. The lowest BCUT2D eigenvalue weighted by molar-refractivity contribution is -0.137. The molecule has 27 heavy (non-hydrogen) atoms. The molecule has 3 aliphatic heterocycles. The molecule has 0 bridgehead atoms. The van der Waals surface area contributed by atoms with Gasteiger partial charge in [0.1, 0.15) is 5.75 Å². The van der Waals surface area contributed by atoms with E-state index in [1.807, 2.05) is 6.20 Å². The highest BCUT2D eigenvalue weighted by atomic mass is 19.4. The average molecular weight is 382 g/mol. The largest absolute Gasteiger partial charge is 0.471 e. The molecule has 1 aromatic carbocycles. The van der Waals surface area contributed by atoms with Crippen LogP contribution in [0.5, 0.6) is 5.75 Å². The number of nitrogens with zero attached hydrogens (tertiary/aromatic N) is 2. The molecule has 148 valence electrons. The Kier molecular flexibility index (Phi) is 4.60. The normalized spacial score (nSPS) is 31.7. The van der Waals surface area contributed by atoms with Crippen LogP contribution in [0.3, 0.4) is 0 Å². The van der Waals surface area contributed by atoms with Crippen LogP contribution in [0.4, 0.5) is 13.2 Å². The Labute approximate surface area is 157 Å². The van der Waals surface area contributed by atoms with E-state index in [0.717, 1.165) is 51.3 Å². The molecule has 2 fully saturated rings. The lowest BCUT2D eigenvalue weighted by Gasteiger charge is -2.45. The molecule has 0 aromatic heterocycles. The summed E-state index contributed by atoms with van der Waals surface area (Å²) in [5.41, 5.74) is -1.23. The number of rotatable bonds is 5. The smallest absolute Gasteiger partial charge is 0.416 e. The molecule has 2 unspecified atom stereocenters. The Bertz CT molecular complexity index is 692. The minimum absolute atomic E-state index is 0.0385. The number of hydrogen-bond donors (Lipinski definition) is 2. The van der Waals surface area contributed by atoms with E-state index >= 15 is 0 Å². The monoisotopic (exact) mass is 382 g/mol. The molecule has 0 aliphatic carbocycles. The van der Waals surface area contributed by atoms with E-state index in [1.165, 1.54) is 12.1 Å². The van der Waals surface area contributed by atoms with E-state index in [4.69, 9.17) is 4.74 Å². The van der Waals surface area contributed by atoms with Crippen LogP contribution in [-0.2, 0) is 6.18 Å². The third-order valence-corrected chi connectivity index (χ3v) is 5.73. The molecule has 0 amide bonds. The number of alkyl halides is 3. The van der Waals surface area contributed by atoms with Crippen LogP contribution in [0.15, 0.2) is 36.5 Å². The Morgan fingerprint density at radius 3 is 2.48 bits per heavy atom. The van der Waals surface area contributed by atoms with Gasteiger partial charge in [-0.2, -0.15) is 13.2 Å². The van der Waals surface area contributed by atoms with Gasteiger partial charge in [0.2, 0.25) is 0 Å². The molecule has 8 heteroatoms. The van der Waals surface area contributed by atoms with Crippen molar-refractivity contribution in [3.8, 4) is 5.75 Å². The van der Waals surface area contributed by atoms with Crippen LogP contribution < -0.4 is 15.4 Å². The molecule has 5 nitrogen and oxygen atoms in total. The maximum Gasteiger partial charge on any atom is 0.416 e. The van der Waals surface area contributed by atoms with Crippen LogP contribution in [0, 0.1) is 0 Å². The Hall–Kier alpha value is -1.77. The van der Waals surface area contributed by atoms with Crippen LogP contribution in [0.1, 0.15) is 25.3 Å². The maximum atomic E-state index is 12.7. The van der Waals surface area contributed by atoms with Crippen LogP contribution in [0.25, 0.3) is 0 Å². The second-order valence-electron chi connectivity index (χ2n) is 7.78. The third-order valence-electron chi connectivity index (χ3n) is 5.73. The standard InChI is InChI=1S/C19H25F3N4O/c1-17(7-2-9-23-17)26-12-11-25(14-26)13-18(8-10-24-18)27-16-5-3-15(4-6-16)19(20,21)22/h2-6,9,23-24H,7-8,10-14H2,1H3. The summed E-state index contributed by atoms with van der Waals surface area (Å²) >= 11 is 0. The Balaban J connectivity index is 1.37. The van der Waals surface area contributed by atoms with Gasteiger partial charge in [-0.3, -0.25) is 15.1 Å². The number of halogens is 3. The maximum absolute atomic E-state index is 12.7. The molecule has 4 rings (SSSR count). The second-order valence-corrected chi connectivity index (χ2v) is 7.78. The van der Waals surface area contributed by atoms with Crippen molar-refractivity contribution in [2.24, 2.45) is 0 Å².